The van der Waals surface area contributed by atoms with Gasteiger partial charge in [-0.1, -0.05) is 147 Å². The summed E-state index contributed by atoms with van der Waals surface area (Å²) in [7, 11) is 0. The smallest absolute Gasteiger partial charge is 0.329 e. The standard InChI is InChI=1S/C51H52N4O7/c1-34(35-20-8-5-9-21-35)52-50(60)54-40-28-16-15-27-39(40)51(49(54)59)42(47(57)53-30-18-3-2-4-19-31-53)44-48(58)62-45(37-24-12-7-13-25-37)43(36-22-10-6-11-23-36)55(44)46(51)38-26-14-17-29-41(38)61-33-32-56/h5-17,20-29,34,42-46,56H,2-4,18-19,30-33H2,1H3,(H,52,60)/t34-,42-,43-,44-,45+,46+,51-/m1/s1. The van der Waals surface area contributed by atoms with Crippen LogP contribution >= 0.6 is 0 Å². The van der Waals surface area contributed by atoms with E-state index in [-0.39, 0.29) is 19.1 Å². The summed E-state index contributed by atoms with van der Waals surface area (Å²) in [6.45, 7) is 2.50. The van der Waals surface area contributed by atoms with Crippen LogP contribution in [0.2, 0.25) is 0 Å². The Labute approximate surface area is 362 Å². The summed E-state index contributed by atoms with van der Waals surface area (Å²) in [6, 6.07) is 39.2. The highest BCUT2D eigenvalue weighted by molar-refractivity contribution is 6.24. The number of nitrogens with one attached hydrogen (secondary N) is 1. The van der Waals surface area contributed by atoms with E-state index in [1.54, 1.807) is 18.2 Å². The Bertz CT molecular complexity index is 2410. The monoisotopic (exact) mass is 832 g/mol. The molecule has 0 saturated carbocycles. The number of amides is 4. The molecule has 0 unspecified atom stereocenters. The zero-order chi connectivity index (χ0) is 42.8. The fourth-order valence-electron chi connectivity index (χ4n) is 10.5. The number of fused-ring (bicyclic) bond motifs is 3. The summed E-state index contributed by atoms with van der Waals surface area (Å²) in [4.78, 5) is 67.8. The van der Waals surface area contributed by atoms with Crippen LogP contribution in [0, 0.1) is 5.92 Å². The number of esters is 1. The number of carbonyl (C=O) groups is 4. The molecule has 62 heavy (non-hydrogen) atoms. The molecule has 4 aliphatic rings. The number of para-hydroxylation sites is 2. The zero-order valence-corrected chi connectivity index (χ0v) is 34.8. The molecule has 0 aromatic heterocycles. The number of anilines is 1. The van der Waals surface area contributed by atoms with Crippen molar-refractivity contribution >= 4 is 29.5 Å². The van der Waals surface area contributed by atoms with Crippen molar-refractivity contribution in [3.63, 3.8) is 0 Å². The second-order valence-electron chi connectivity index (χ2n) is 16.7. The van der Waals surface area contributed by atoms with Crippen LogP contribution in [0.15, 0.2) is 140 Å². The minimum Gasteiger partial charge on any atom is -0.491 e. The van der Waals surface area contributed by atoms with Crippen LogP contribution in [0.5, 0.6) is 5.75 Å². The Balaban J connectivity index is 1.33. The van der Waals surface area contributed by atoms with Crippen molar-refractivity contribution < 1.29 is 33.8 Å². The average molecular weight is 833 g/mol. The lowest BCUT2D eigenvalue weighted by Crippen LogP contribution is -2.57. The minimum absolute atomic E-state index is 0.0382. The number of morpholine rings is 1. The van der Waals surface area contributed by atoms with E-state index in [1.165, 1.54) is 4.90 Å². The highest BCUT2D eigenvalue weighted by Crippen LogP contribution is 2.66. The van der Waals surface area contributed by atoms with E-state index < -0.39 is 59.5 Å². The van der Waals surface area contributed by atoms with Crippen LogP contribution < -0.4 is 15.0 Å². The number of carbonyl (C=O) groups excluding carboxylic acids is 4. The van der Waals surface area contributed by atoms with Gasteiger partial charge in [0.1, 0.15) is 29.9 Å². The maximum absolute atomic E-state index is 16.5. The van der Waals surface area contributed by atoms with Crippen molar-refractivity contribution in [3.8, 4) is 5.75 Å². The molecule has 11 heteroatoms. The maximum Gasteiger partial charge on any atom is 0.329 e. The Morgan fingerprint density at radius 1 is 0.758 bits per heavy atom. The number of rotatable bonds is 9. The largest absolute Gasteiger partial charge is 0.491 e. The Morgan fingerprint density at radius 3 is 2.05 bits per heavy atom. The summed E-state index contributed by atoms with van der Waals surface area (Å²) in [5, 5.41) is 13.1. The Hall–Kier alpha value is -6.30. The van der Waals surface area contributed by atoms with Crippen LogP contribution in [-0.4, -0.2) is 71.1 Å². The van der Waals surface area contributed by atoms with Gasteiger partial charge in [-0.25, -0.2) is 9.69 Å². The molecular formula is C51H52N4O7. The van der Waals surface area contributed by atoms with Gasteiger partial charge in [0.25, 0.3) is 0 Å². The molecule has 9 rings (SSSR count). The molecule has 4 amide bonds. The van der Waals surface area contributed by atoms with E-state index >= 15 is 14.4 Å². The molecule has 7 atom stereocenters. The van der Waals surface area contributed by atoms with Crippen molar-refractivity contribution in [2.45, 2.75) is 74.7 Å². The molecule has 0 radical (unpaired) electrons. The summed E-state index contributed by atoms with van der Waals surface area (Å²) in [6.07, 6.45) is 3.71. The van der Waals surface area contributed by atoms with Gasteiger partial charge in [-0.05, 0) is 54.2 Å². The fraction of sp³-hybridized carbons (Fsp3) is 0.333. The van der Waals surface area contributed by atoms with Crippen molar-refractivity contribution in [3.05, 3.63) is 167 Å². The first kappa shape index (κ1) is 41.1. The number of aliphatic hydroxyl groups is 1. The van der Waals surface area contributed by atoms with Gasteiger partial charge in [-0.15, -0.1) is 0 Å². The number of aliphatic hydroxyl groups excluding tert-OH is 1. The lowest BCUT2D eigenvalue weighted by Gasteiger charge is -2.46. The topological polar surface area (TPSA) is 129 Å². The predicted octanol–water partition coefficient (Wildman–Crippen LogP) is 7.99. The van der Waals surface area contributed by atoms with Crippen molar-refractivity contribution in [1.29, 1.82) is 0 Å². The van der Waals surface area contributed by atoms with Gasteiger partial charge in [-0.2, -0.15) is 0 Å². The SMILES string of the molecule is C[C@@H](NC(=O)N1C(=O)[C@@]2(c3ccccc31)[C@H](c1ccccc1OCCO)N1[C@H](c3ccccc3)[C@H](c3ccccc3)OC(=O)[C@H]1[C@@H]2C(=O)N1CCCCCCC1)c1ccccc1. The maximum atomic E-state index is 16.5. The minimum atomic E-state index is -1.86. The molecule has 1 spiro atoms. The number of imide groups is 1. The molecule has 3 saturated heterocycles. The number of hydrogen-bond acceptors (Lipinski definition) is 8. The molecule has 11 nitrogen and oxygen atoms in total. The first-order chi connectivity index (χ1) is 30.4. The van der Waals surface area contributed by atoms with E-state index in [1.807, 2.05) is 138 Å². The van der Waals surface area contributed by atoms with Gasteiger partial charge in [0.05, 0.1) is 36.3 Å². The van der Waals surface area contributed by atoms with Gasteiger partial charge in [-0.3, -0.25) is 19.3 Å². The molecule has 0 aliphatic carbocycles. The van der Waals surface area contributed by atoms with Gasteiger partial charge in [0, 0.05) is 18.7 Å². The van der Waals surface area contributed by atoms with E-state index in [9.17, 15) is 9.90 Å². The summed E-state index contributed by atoms with van der Waals surface area (Å²) >= 11 is 0. The number of likely N-dealkylation sites (tertiary alicyclic amines) is 1. The van der Waals surface area contributed by atoms with Crippen LogP contribution in [0.25, 0.3) is 0 Å². The number of nitrogens with zero attached hydrogens (tertiary/aromatic N) is 3. The second kappa shape index (κ2) is 17.6. The van der Waals surface area contributed by atoms with E-state index in [0.29, 0.717) is 35.7 Å². The second-order valence-corrected chi connectivity index (χ2v) is 16.7. The number of ether oxygens (including phenoxy) is 2. The Kier molecular flexibility index (Phi) is 11.7. The zero-order valence-electron chi connectivity index (χ0n) is 34.8. The highest BCUT2D eigenvalue weighted by atomic mass is 16.6. The van der Waals surface area contributed by atoms with Crippen LogP contribution in [0.4, 0.5) is 10.5 Å². The molecule has 5 aromatic rings. The molecule has 0 bridgehead atoms. The van der Waals surface area contributed by atoms with Crippen molar-refractivity contribution in [1.82, 2.24) is 15.1 Å². The van der Waals surface area contributed by atoms with Crippen molar-refractivity contribution in [2.24, 2.45) is 5.92 Å². The summed E-state index contributed by atoms with van der Waals surface area (Å²) in [5.74, 6) is -2.52. The third-order valence-electron chi connectivity index (χ3n) is 13.2. The fourth-order valence-corrected chi connectivity index (χ4v) is 10.5. The molecule has 318 valence electrons. The van der Waals surface area contributed by atoms with Gasteiger partial charge >= 0.3 is 12.0 Å². The molecule has 3 fully saturated rings. The van der Waals surface area contributed by atoms with Gasteiger partial charge < -0.3 is 24.8 Å². The summed E-state index contributed by atoms with van der Waals surface area (Å²) < 4.78 is 12.9. The lowest BCUT2D eigenvalue weighted by atomic mass is 9.65. The third-order valence-corrected chi connectivity index (χ3v) is 13.2. The van der Waals surface area contributed by atoms with Gasteiger partial charge in [0.2, 0.25) is 11.8 Å². The molecule has 4 heterocycles. The number of hydrogen-bond donors (Lipinski definition) is 2. The van der Waals surface area contributed by atoms with Gasteiger partial charge in [0.15, 0.2) is 0 Å². The molecule has 5 aromatic carbocycles. The number of benzene rings is 5. The molecule has 4 aliphatic heterocycles. The van der Waals surface area contributed by atoms with Crippen LogP contribution in [0.1, 0.15) is 91.1 Å². The van der Waals surface area contributed by atoms with Crippen LogP contribution in [-0.2, 0) is 24.5 Å². The Morgan fingerprint density at radius 2 is 1.35 bits per heavy atom. The van der Waals surface area contributed by atoms with Crippen molar-refractivity contribution in [2.75, 3.05) is 31.2 Å². The average Bonchev–Trinajstić information content (AvgIpc) is 3.75. The quantitative estimate of drug-likeness (QED) is 0.143. The molecular weight excluding hydrogens is 781 g/mol. The predicted molar refractivity (Wildman–Crippen MR) is 234 cm³/mol. The normalized spacial score (nSPS) is 25.3. The first-order valence-electron chi connectivity index (χ1n) is 21.8. The van der Waals surface area contributed by atoms with Crippen LogP contribution in [0.3, 0.4) is 0 Å². The summed E-state index contributed by atoms with van der Waals surface area (Å²) in [5.41, 5.74) is 1.90. The lowest BCUT2D eigenvalue weighted by molar-refractivity contribution is -0.179. The number of cyclic esters (lactones) is 1. The van der Waals surface area contributed by atoms with E-state index in [0.717, 1.165) is 48.8 Å². The van der Waals surface area contributed by atoms with E-state index in [2.05, 4.69) is 5.32 Å². The highest BCUT2D eigenvalue weighted by Gasteiger charge is 2.76. The van der Waals surface area contributed by atoms with E-state index in [4.69, 9.17) is 9.47 Å². The first-order valence-corrected chi connectivity index (χ1v) is 21.8. The molecule has 2 N–H and O–H groups in total. The number of urea groups is 1. The third kappa shape index (κ3) is 7.03.